The minimum Gasteiger partial charge on any atom is -0.484 e. The van der Waals surface area contributed by atoms with Gasteiger partial charge in [-0.3, -0.25) is 9.59 Å². The Hall–Kier alpha value is -2.83. The van der Waals surface area contributed by atoms with Crippen molar-refractivity contribution in [3.05, 3.63) is 80.0 Å². The summed E-state index contributed by atoms with van der Waals surface area (Å²) in [6, 6.07) is 13.2. The van der Waals surface area contributed by atoms with Crippen molar-refractivity contribution in [3.8, 4) is 5.75 Å². The van der Waals surface area contributed by atoms with Crippen LogP contribution in [0.4, 0.5) is 5.69 Å². The molecule has 0 unspecified atom stereocenters. The Balaban J connectivity index is 1.38. The number of amides is 2. The predicted octanol–water partition coefficient (Wildman–Crippen LogP) is 5.23. The normalized spacial score (nSPS) is 12.9. The number of carbonyl (C=O) groups excluding carboxylic acids is 2. The molecular formula is C24H23ClN2O3S. The molecule has 7 heteroatoms. The molecule has 4 rings (SSSR count). The first kappa shape index (κ1) is 21.4. The summed E-state index contributed by atoms with van der Waals surface area (Å²) in [5.74, 6) is 0.423. The Bertz CT molecular complexity index is 1100. The van der Waals surface area contributed by atoms with Crippen LogP contribution in [0, 0.1) is 13.8 Å². The van der Waals surface area contributed by atoms with Gasteiger partial charge in [-0.1, -0.05) is 23.7 Å². The first-order valence-electron chi connectivity index (χ1n) is 10.0. The van der Waals surface area contributed by atoms with E-state index >= 15 is 0 Å². The lowest BCUT2D eigenvalue weighted by atomic mass is 9.99. The molecule has 0 saturated heterocycles. The molecule has 0 saturated carbocycles. The molecule has 0 atom stereocenters. The number of aryl methyl sites for hydroxylation is 2. The minimum atomic E-state index is -0.243. The van der Waals surface area contributed by atoms with Crippen LogP contribution in [0.1, 0.15) is 31.9 Å². The van der Waals surface area contributed by atoms with E-state index in [9.17, 15) is 9.59 Å². The van der Waals surface area contributed by atoms with Crippen LogP contribution in [0.5, 0.6) is 5.75 Å². The van der Waals surface area contributed by atoms with Crippen molar-refractivity contribution in [2.45, 2.75) is 26.8 Å². The van der Waals surface area contributed by atoms with E-state index in [-0.39, 0.29) is 18.4 Å². The summed E-state index contributed by atoms with van der Waals surface area (Å²) in [5.41, 5.74) is 4.78. The highest BCUT2D eigenvalue weighted by atomic mass is 35.5. The number of fused-ring (bicyclic) bond motifs is 1. The molecule has 2 amide bonds. The number of hydrogen-bond acceptors (Lipinski definition) is 4. The van der Waals surface area contributed by atoms with Gasteiger partial charge in [0.25, 0.3) is 11.8 Å². The zero-order valence-electron chi connectivity index (χ0n) is 17.4. The molecule has 0 bridgehead atoms. The molecule has 0 spiro atoms. The van der Waals surface area contributed by atoms with E-state index in [2.05, 4.69) is 5.32 Å². The monoisotopic (exact) mass is 454 g/mol. The average molecular weight is 455 g/mol. The van der Waals surface area contributed by atoms with Crippen LogP contribution in [-0.2, 0) is 17.8 Å². The molecule has 2 heterocycles. The Morgan fingerprint density at radius 3 is 2.61 bits per heavy atom. The van der Waals surface area contributed by atoms with E-state index in [0.717, 1.165) is 28.0 Å². The fraction of sp³-hybridized carbons (Fsp3) is 0.250. The lowest BCUT2D eigenvalue weighted by Gasteiger charge is -2.29. The van der Waals surface area contributed by atoms with Crippen LogP contribution < -0.4 is 10.1 Å². The second kappa shape index (κ2) is 9.12. The highest BCUT2D eigenvalue weighted by Gasteiger charge is 2.22. The molecule has 0 aliphatic carbocycles. The van der Waals surface area contributed by atoms with Crippen molar-refractivity contribution in [1.82, 2.24) is 4.90 Å². The van der Waals surface area contributed by atoms with Crippen molar-refractivity contribution >= 4 is 40.4 Å². The highest BCUT2D eigenvalue weighted by Crippen LogP contribution is 2.27. The molecule has 5 nitrogen and oxygen atoms in total. The van der Waals surface area contributed by atoms with Gasteiger partial charge in [-0.15, -0.1) is 11.3 Å². The first-order valence-corrected chi connectivity index (χ1v) is 11.3. The number of nitrogens with zero attached hydrogens (tertiary/aromatic N) is 1. The SMILES string of the molecule is Cc1cc(OCC(=O)Nc2ccc3c(c2)CN(C(=O)c2cccs2)CC3)cc(C)c1Cl. The fourth-order valence-corrected chi connectivity index (χ4v) is 4.50. The molecule has 160 valence electrons. The molecule has 31 heavy (non-hydrogen) atoms. The number of ether oxygens (including phenoxy) is 1. The number of anilines is 1. The van der Waals surface area contributed by atoms with E-state index in [4.69, 9.17) is 16.3 Å². The zero-order chi connectivity index (χ0) is 22.0. The van der Waals surface area contributed by atoms with Crippen molar-refractivity contribution in [2.75, 3.05) is 18.5 Å². The summed E-state index contributed by atoms with van der Waals surface area (Å²) in [7, 11) is 0. The lowest BCUT2D eigenvalue weighted by molar-refractivity contribution is -0.118. The number of carbonyl (C=O) groups is 2. The molecule has 2 aromatic carbocycles. The lowest BCUT2D eigenvalue weighted by Crippen LogP contribution is -2.35. The quantitative estimate of drug-likeness (QED) is 0.574. The molecule has 0 fully saturated rings. The first-order chi connectivity index (χ1) is 14.9. The molecule has 0 radical (unpaired) electrons. The molecule has 1 aromatic heterocycles. The van der Waals surface area contributed by atoms with E-state index in [1.165, 1.54) is 16.9 Å². The average Bonchev–Trinajstić information content (AvgIpc) is 3.30. The third-order valence-electron chi connectivity index (χ3n) is 5.30. The van der Waals surface area contributed by atoms with Gasteiger partial charge in [0.2, 0.25) is 0 Å². The Morgan fingerprint density at radius 2 is 1.90 bits per heavy atom. The van der Waals surface area contributed by atoms with Gasteiger partial charge in [0.15, 0.2) is 6.61 Å². The minimum absolute atomic E-state index is 0.0528. The number of halogens is 1. The molecule has 1 aliphatic heterocycles. The number of benzene rings is 2. The number of nitrogens with one attached hydrogen (secondary N) is 1. The summed E-state index contributed by atoms with van der Waals surface area (Å²) in [6.07, 6.45) is 0.805. The van der Waals surface area contributed by atoms with Gasteiger partial charge in [0, 0.05) is 23.8 Å². The Morgan fingerprint density at radius 1 is 1.13 bits per heavy atom. The van der Waals surface area contributed by atoms with Gasteiger partial charge < -0.3 is 15.0 Å². The van der Waals surface area contributed by atoms with E-state index < -0.39 is 0 Å². The fourth-order valence-electron chi connectivity index (χ4n) is 3.70. The molecule has 3 aromatic rings. The maximum Gasteiger partial charge on any atom is 0.264 e. The highest BCUT2D eigenvalue weighted by molar-refractivity contribution is 7.12. The smallest absolute Gasteiger partial charge is 0.264 e. The van der Waals surface area contributed by atoms with Gasteiger partial charge in [-0.25, -0.2) is 0 Å². The summed E-state index contributed by atoms with van der Waals surface area (Å²) in [6.45, 7) is 4.95. The third kappa shape index (κ3) is 4.92. The van der Waals surface area contributed by atoms with Crippen molar-refractivity contribution in [1.29, 1.82) is 0 Å². The van der Waals surface area contributed by atoms with Crippen LogP contribution in [0.25, 0.3) is 0 Å². The molecule has 1 N–H and O–H groups in total. The summed E-state index contributed by atoms with van der Waals surface area (Å²) >= 11 is 7.63. The van der Waals surface area contributed by atoms with Crippen LogP contribution in [-0.4, -0.2) is 29.9 Å². The van der Waals surface area contributed by atoms with E-state index in [1.807, 2.05) is 66.6 Å². The number of rotatable bonds is 5. The topological polar surface area (TPSA) is 58.6 Å². The van der Waals surface area contributed by atoms with Crippen LogP contribution in [0.3, 0.4) is 0 Å². The Labute approximate surface area is 190 Å². The molecular weight excluding hydrogens is 432 g/mol. The largest absolute Gasteiger partial charge is 0.484 e. The van der Waals surface area contributed by atoms with Crippen molar-refractivity contribution in [2.24, 2.45) is 0 Å². The van der Waals surface area contributed by atoms with Crippen molar-refractivity contribution < 1.29 is 14.3 Å². The molecule has 1 aliphatic rings. The Kier molecular flexibility index (Phi) is 6.30. The van der Waals surface area contributed by atoms with E-state index in [1.54, 1.807) is 0 Å². The van der Waals surface area contributed by atoms with Crippen molar-refractivity contribution in [3.63, 3.8) is 0 Å². The number of thiophene rings is 1. The van der Waals surface area contributed by atoms with E-state index in [0.29, 0.717) is 29.5 Å². The van der Waals surface area contributed by atoms with Gasteiger partial charge in [0.1, 0.15) is 5.75 Å². The summed E-state index contributed by atoms with van der Waals surface area (Å²) in [5, 5.41) is 5.50. The van der Waals surface area contributed by atoms with Gasteiger partial charge in [-0.2, -0.15) is 0 Å². The van der Waals surface area contributed by atoms with Crippen LogP contribution >= 0.6 is 22.9 Å². The third-order valence-corrected chi connectivity index (χ3v) is 6.76. The zero-order valence-corrected chi connectivity index (χ0v) is 19.0. The predicted molar refractivity (Wildman–Crippen MR) is 124 cm³/mol. The van der Waals surface area contributed by atoms with Gasteiger partial charge in [0.05, 0.1) is 4.88 Å². The second-order valence-corrected chi connectivity index (χ2v) is 8.97. The maximum atomic E-state index is 12.7. The van der Waals surface area contributed by atoms with Gasteiger partial charge in [-0.05, 0) is 78.2 Å². The second-order valence-electron chi connectivity index (χ2n) is 7.65. The standard InChI is InChI=1S/C24H23ClN2O3S/c1-15-10-20(11-16(2)23(15)25)30-14-22(28)26-19-6-5-17-7-8-27(13-18(17)12-19)24(29)21-4-3-9-31-21/h3-6,9-12H,7-8,13-14H2,1-2H3,(H,26,28). The maximum absolute atomic E-state index is 12.7. The van der Waals surface area contributed by atoms with Gasteiger partial charge >= 0.3 is 0 Å². The summed E-state index contributed by atoms with van der Waals surface area (Å²) < 4.78 is 5.64. The van der Waals surface area contributed by atoms with Crippen LogP contribution in [0.15, 0.2) is 47.8 Å². The number of hydrogen-bond donors (Lipinski definition) is 1. The van der Waals surface area contributed by atoms with Crippen LogP contribution in [0.2, 0.25) is 5.02 Å². The summed E-state index contributed by atoms with van der Waals surface area (Å²) in [4.78, 5) is 27.7.